The third-order valence-corrected chi connectivity index (χ3v) is 4.84. The van der Waals surface area contributed by atoms with Crippen molar-refractivity contribution in [2.45, 2.75) is 25.3 Å². The van der Waals surface area contributed by atoms with E-state index in [9.17, 15) is 14.0 Å². The molecule has 0 saturated carbocycles. The minimum atomic E-state index is -0.560. The maximum Gasteiger partial charge on any atom is 0.249 e. The van der Waals surface area contributed by atoms with Crippen molar-refractivity contribution in [2.24, 2.45) is 0 Å². The van der Waals surface area contributed by atoms with E-state index in [0.717, 1.165) is 5.56 Å². The van der Waals surface area contributed by atoms with Crippen molar-refractivity contribution in [3.8, 4) is 0 Å². The van der Waals surface area contributed by atoms with Crippen molar-refractivity contribution < 1.29 is 14.0 Å². The molecule has 1 aliphatic heterocycles. The number of likely N-dealkylation sites (N-methyl/N-ethyl adjacent to an activating group) is 1. The molecule has 0 aliphatic carbocycles. The summed E-state index contributed by atoms with van der Waals surface area (Å²) in [5.41, 5.74) is 7.74. The van der Waals surface area contributed by atoms with Crippen LogP contribution < -0.4 is 10.6 Å². The summed E-state index contributed by atoms with van der Waals surface area (Å²) in [5.74, 6) is -0.804. The van der Waals surface area contributed by atoms with Gasteiger partial charge in [-0.1, -0.05) is 30.3 Å². The van der Waals surface area contributed by atoms with Gasteiger partial charge in [-0.2, -0.15) is 0 Å². The number of carbonyl (C=O) groups is 2. The summed E-state index contributed by atoms with van der Waals surface area (Å²) in [6.07, 6.45) is 1.28. The zero-order valence-electron chi connectivity index (χ0n) is 14.7. The largest absolute Gasteiger partial charge is 0.399 e. The quantitative estimate of drug-likeness (QED) is 0.839. The molecule has 6 heteroatoms. The monoisotopic (exact) mass is 355 g/mol. The highest BCUT2D eigenvalue weighted by molar-refractivity contribution is 6.01. The number of hydrogen-bond donors (Lipinski definition) is 1. The summed E-state index contributed by atoms with van der Waals surface area (Å²) >= 11 is 0. The minimum Gasteiger partial charge on any atom is -0.399 e. The molecule has 2 N–H and O–H groups in total. The molecular formula is C20H22FN3O2. The number of carbonyl (C=O) groups excluding carboxylic acids is 2. The lowest BCUT2D eigenvalue weighted by Gasteiger charge is -2.24. The Balaban J connectivity index is 1.64. The first-order valence-corrected chi connectivity index (χ1v) is 8.64. The molecule has 136 valence electrons. The summed E-state index contributed by atoms with van der Waals surface area (Å²) in [6.45, 7) is 0.397. The van der Waals surface area contributed by atoms with Gasteiger partial charge in [-0.05, 0) is 36.6 Å². The molecule has 1 saturated heterocycles. The van der Waals surface area contributed by atoms with Gasteiger partial charge in [-0.15, -0.1) is 0 Å². The number of halogens is 1. The van der Waals surface area contributed by atoms with Crippen molar-refractivity contribution in [2.75, 3.05) is 24.2 Å². The van der Waals surface area contributed by atoms with Crippen LogP contribution in [-0.2, 0) is 16.0 Å². The van der Waals surface area contributed by atoms with Gasteiger partial charge < -0.3 is 15.5 Å². The molecule has 1 heterocycles. The molecule has 0 bridgehead atoms. The zero-order chi connectivity index (χ0) is 18.7. The third kappa shape index (κ3) is 3.54. The van der Waals surface area contributed by atoms with Gasteiger partial charge in [0, 0.05) is 25.7 Å². The number of amides is 2. The predicted molar refractivity (Wildman–Crippen MR) is 99.1 cm³/mol. The maximum atomic E-state index is 14.0. The first-order chi connectivity index (χ1) is 12.5. The number of nitrogen functional groups attached to an aromatic ring is 1. The normalized spacial score (nSPS) is 16.8. The molecule has 0 spiro atoms. The molecule has 1 aliphatic rings. The average Bonchev–Trinajstić information content (AvgIpc) is 3.02. The van der Waals surface area contributed by atoms with E-state index in [4.69, 9.17) is 5.73 Å². The molecule has 1 atom stereocenters. The van der Waals surface area contributed by atoms with Gasteiger partial charge in [0.1, 0.15) is 11.9 Å². The lowest BCUT2D eigenvalue weighted by atomic mass is 10.1. The average molecular weight is 355 g/mol. The fourth-order valence-corrected chi connectivity index (χ4v) is 3.29. The van der Waals surface area contributed by atoms with Crippen LogP contribution in [0.1, 0.15) is 18.4 Å². The number of hydrogen-bond acceptors (Lipinski definition) is 3. The molecule has 5 nitrogen and oxygen atoms in total. The molecule has 0 radical (unpaired) electrons. The number of nitrogens with zero attached hydrogens (tertiary/aromatic N) is 2. The summed E-state index contributed by atoms with van der Waals surface area (Å²) in [6, 6.07) is 13.0. The second kappa shape index (κ2) is 7.56. The van der Waals surface area contributed by atoms with Gasteiger partial charge in [0.25, 0.3) is 0 Å². The van der Waals surface area contributed by atoms with Crippen LogP contribution in [0.3, 0.4) is 0 Å². The van der Waals surface area contributed by atoms with E-state index >= 15 is 0 Å². The van der Waals surface area contributed by atoms with Crippen LogP contribution in [0.2, 0.25) is 0 Å². The van der Waals surface area contributed by atoms with Crippen LogP contribution in [0, 0.1) is 5.82 Å². The molecule has 1 unspecified atom stereocenters. The molecule has 2 aromatic carbocycles. The van der Waals surface area contributed by atoms with Crippen molar-refractivity contribution >= 4 is 23.2 Å². The van der Waals surface area contributed by atoms with E-state index < -0.39 is 11.9 Å². The van der Waals surface area contributed by atoms with E-state index in [0.29, 0.717) is 25.1 Å². The molecule has 26 heavy (non-hydrogen) atoms. The summed E-state index contributed by atoms with van der Waals surface area (Å²) in [7, 11) is 1.63. The van der Waals surface area contributed by atoms with E-state index in [-0.39, 0.29) is 23.9 Å². The fraction of sp³-hybridized carbons (Fsp3) is 0.300. The standard InChI is InChI=1S/C20H22FN3O2/c1-23(19(25)11-10-14-6-2-4-8-16(14)22)18-12-13-24(20(18)26)17-9-5-3-7-15(17)21/h2-9,18H,10-13,22H2,1H3. The Kier molecular flexibility index (Phi) is 5.21. The summed E-state index contributed by atoms with van der Waals surface area (Å²) < 4.78 is 14.0. The topological polar surface area (TPSA) is 66.6 Å². The number of benzene rings is 2. The molecule has 1 fully saturated rings. The second-order valence-corrected chi connectivity index (χ2v) is 6.45. The lowest BCUT2D eigenvalue weighted by molar-refractivity contribution is -0.136. The summed E-state index contributed by atoms with van der Waals surface area (Å²) in [4.78, 5) is 28.1. The van der Waals surface area contributed by atoms with Crippen LogP contribution in [0.15, 0.2) is 48.5 Å². The molecule has 3 rings (SSSR count). The molecule has 0 aromatic heterocycles. The maximum absolute atomic E-state index is 14.0. The van der Waals surface area contributed by atoms with E-state index in [1.165, 1.54) is 15.9 Å². The van der Waals surface area contributed by atoms with Crippen molar-refractivity contribution in [1.82, 2.24) is 4.90 Å². The SMILES string of the molecule is CN(C(=O)CCc1ccccc1N)C1CCN(c2ccccc2F)C1=O. The highest BCUT2D eigenvalue weighted by Gasteiger charge is 2.37. The Hall–Kier alpha value is -2.89. The van der Waals surface area contributed by atoms with Crippen LogP contribution in [0.25, 0.3) is 0 Å². The third-order valence-electron chi connectivity index (χ3n) is 4.84. The molecular weight excluding hydrogens is 333 g/mol. The zero-order valence-corrected chi connectivity index (χ0v) is 14.7. The highest BCUT2D eigenvalue weighted by atomic mass is 19.1. The van der Waals surface area contributed by atoms with Crippen molar-refractivity contribution in [1.29, 1.82) is 0 Å². The predicted octanol–water partition coefficient (Wildman–Crippen LogP) is 2.60. The van der Waals surface area contributed by atoms with Crippen LogP contribution in [0.5, 0.6) is 0 Å². The number of anilines is 2. The first-order valence-electron chi connectivity index (χ1n) is 8.64. The van der Waals surface area contributed by atoms with Crippen LogP contribution >= 0.6 is 0 Å². The number of nitrogens with two attached hydrogens (primary N) is 1. The highest BCUT2D eigenvalue weighted by Crippen LogP contribution is 2.26. The first kappa shape index (κ1) is 17.9. The van der Waals surface area contributed by atoms with E-state index in [1.807, 2.05) is 18.2 Å². The van der Waals surface area contributed by atoms with Gasteiger partial charge in [-0.25, -0.2) is 4.39 Å². The molecule has 2 aromatic rings. The lowest BCUT2D eigenvalue weighted by Crippen LogP contribution is -2.43. The fourth-order valence-electron chi connectivity index (χ4n) is 3.29. The minimum absolute atomic E-state index is 0.123. The van der Waals surface area contributed by atoms with Gasteiger partial charge in [0.15, 0.2) is 0 Å². The van der Waals surface area contributed by atoms with Crippen molar-refractivity contribution in [3.63, 3.8) is 0 Å². The van der Waals surface area contributed by atoms with Gasteiger partial charge >= 0.3 is 0 Å². The Morgan fingerprint density at radius 1 is 1.23 bits per heavy atom. The summed E-state index contributed by atoms with van der Waals surface area (Å²) in [5, 5.41) is 0. The number of aryl methyl sites for hydroxylation is 1. The van der Waals surface area contributed by atoms with Crippen molar-refractivity contribution in [3.05, 3.63) is 59.9 Å². The van der Waals surface area contributed by atoms with Gasteiger partial charge in [-0.3, -0.25) is 9.59 Å². The Labute approximate surface area is 152 Å². The molecule has 2 amide bonds. The number of para-hydroxylation sites is 2. The van der Waals surface area contributed by atoms with E-state index in [2.05, 4.69) is 0 Å². The second-order valence-electron chi connectivity index (χ2n) is 6.45. The Bertz CT molecular complexity index is 824. The van der Waals surface area contributed by atoms with Crippen LogP contribution in [-0.4, -0.2) is 36.3 Å². The van der Waals surface area contributed by atoms with Gasteiger partial charge in [0.2, 0.25) is 11.8 Å². The van der Waals surface area contributed by atoms with Crippen LogP contribution in [0.4, 0.5) is 15.8 Å². The van der Waals surface area contributed by atoms with E-state index in [1.54, 1.807) is 31.3 Å². The Morgan fingerprint density at radius 2 is 1.92 bits per heavy atom. The smallest absolute Gasteiger partial charge is 0.249 e. The van der Waals surface area contributed by atoms with Gasteiger partial charge in [0.05, 0.1) is 5.69 Å². The Morgan fingerprint density at radius 3 is 2.65 bits per heavy atom. The number of rotatable bonds is 5.